The molecule has 0 aliphatic rings. The van der Waals surface area contributed by atoms with Gasteiger partial charge in [-0.3, -0.25) is 0 Å². The molecule has 2 unspecified atom stereocenters. The van der Waals surface area contributed by atoms with Crippen LogP contribution >= 0.6 is 11.8 Å². The van der Waals surface area contributed by atoms with Crippen molar-refractivity contribution in [3.05, 3.63) is 24.2 Å². The first-order valence-electron chi connectivity index (χ1n) is 5.03. The minimum atomic E-state index is 0.592. The molecule has 0 saturated heterocycles. The molecular formula is C11H19NOS. The lowest BCUT2D eigenvalue weighted by Gasteiger charge is -2.15. The van der Waals surface area contributed by atoms with Crippen LogP contribution in [-0.2, 0) is 5.75 Å². The highest BCUT2D eigenvalue weighted by molar-refractivity contribution is 7.99. The third kappa shape index (κ3) is 4.20. The minimum Gasteiger partial charge on any atom is -0.468 e. The Balaban J connectivity index is 2.18. The van der Waals surface area contributed by atoms with Crippen LogP contribution in [0.1, 0.15) is 26.0 Å². The average molecular weight is 213 g/mol. The van der Waals surface area contributed by atoms with Crippen molar-refractivity contribution in [2.24, 2.45) is 0 Å². The maximum Gasteiger partial charge on any atom is 0.113 e. The number of rotatable bonds is 6. The molecule has 1 N–H and O–H groups in total. The van der Waals surface area contributed by atoms with Crippen molar-refractivity contribution in [1.82, 2.24) is 5.32 Å². The summed E-state index contributed by atoms with van der Waals surface area (Å²) in [7, 11) is 2.01. The summed E-state index contributed by atoms with van der Waals surface area (Å²) in [6, 6.07) is 4.56. The fourth-order valence-corrected chi connectivity index (χ4v) is 2.34. The van der Waals surface area contributed by atoms with Crippen LogP contribution in [0.4, 0.5) is 0 Å². The Labute approximate surface area is 90.5 Å². The molecule has 0 amide bonds. The van der Waals surface area contributed by atoms with Crippen LogP contribution in [-0.4, -0.2) is 18.3 Å². The second-order valence-corrected chi connectivity index (χ2v) is 5.05. The first-order chi connectivity index (χ1) is 6.72. The largest absolute Gasteiger partial charge is 0.468 e. The van der Waals surface area contributed by atoms with Crippen molar-refractivity contribution in [2.75, 3.05) is 7.05 Å². The van der Waals surface area contributed by atoms with Gasteiger partial charge in [-0.2, -0.15) is 11.8 Å². The zero-order chi connectivity index (χ0) is 10.4. The van der Waals surface area contributed by atoms with E-state index in [4.69, 9.17) is 4.42 Å². The maximum atomic E-state index is 5.28. The molecule has 0 aliphatic heterocycles. The molecule has 2 atom stereocenters. The third-order valence-corrected chi connectivity index (χ3v) is 3.48. The molecule has 0 saturated carbocycles. The Kier molecular flexibility index (Phi) is 5.12. The van der Waals surface area contributed by atoms with E-state index in [1.807, 2.05) is 30.9 Å². The van der Waals surface area contributed by atoms with E-state index in [-0.39, 0.29) is 0 Å². The highest BCUT2D eigenvalue weighted by atomic mass is 32.2. The van der Waals surface area contributed by atoms with Gasteiger partial charge in [0.1, 0.15) is 5.76 Å². The first-order valence-corrected chi connectivity index (χ1v) is 6.08. The highest BCUT2D eigenvalue weighted by Gasteiger charge is 2.08. The van der Waals surface area contributed by atoms with E-state index in [0.717, 1.165) is 11.5 Å². The second kappa shape index (κ2) is 6.14. The standard InChI is InChI=1S/C11H19NOS/c1-9(12-3)7-10(2)14-8-11-5-4-6-13-11/h4-6,9-10,12H,7-8H2,1-3H3. The molecule has 80 valence electrons. The molecule has 0 aromatic carbocycles. The van der Waals surface area contributed by atoms with Crippen LogP contribution in [0.3, 0.4) is 0 Å². The van der Waals surface area contributed by atoms with E-state index < -0.39 is 0 Å². The molecule has 0 fully saturated rings. The summed E-state index contributed by atoms with van der Waals surface area (Å²) in [6.45, 7) is 4.48. The van der Waals surface area contributed by atoms with Crippen molar-refractivity contribution in [2.45, 2.75) is 37.3 Å². The monoisotopic (exact) mass is 213 g/mol. The molecule has 1 aromatic heterocycles. The summed E-state index contributed by atoms with van der Waals surface area (Å²) in [4.78, 5) is 0. The van der Waals surface area contributed by atoms with E-state index in [0.29, 0.717) is 11.3 Å². The van der Waals surface area contributed by atoms with Gasteiger partial charge in [0, 0.05) is 11.3 Å². The molecule has 0 bridgehead atoms. The molecule has 1 heterocycles. The van der Waals surface area contributed by atoms with Crippen LogP contribution < -0.4 is 5.32 Å². The van der Waals surface area contributed by atoms with Crippen molar-refractivity contribution >= 4 is 11.8 Å². The van der Waals surface area contributed by atoms with Crippen molar-refractivity contribution in [3.8, 4) is 0 Å². The number of nitrogens with one attached hydrogen (secondary N) is 1. The molecule has 1 aromatic rings. The van der Waals surface area contributed by atoms with Gasteiger partial charge in [0.2, 0.25) is 0 Å². The lowest BCUT2D eigenvalue weighted by atomic mass is 10.2. The van der Waals surface area contributed by atoms with Gasteiger partial charge in [-0.1, -0.05) is 6.92 Å². The highest BCUT2D eigenvalue weighted by Crippen LogP contribution is 2.21. The Morgan fingerprint density at radius 3 is 2.86 bits per heavy atom. The lowest BCUT2D eigenvalue weighted by Crippen LogP contribution is -2.24. The molecule has 2 nitrogen and oxygen atoms in total. The van der Waals surface area contributed by atoms with Crippen LogP contribution in [0.5, 0.6) is 0 Å². The van der Waals surface area contributed by atoms with Crippen LogP contribution in [0, 0.1) is 0 Å². The molecule has 0 aliphatic carbocycles. The van der Waals surface area contributed by atoms with Crippen LogP contribution in [0.25, 0.3) is 0 Å². The van der Waals surface area contributed by atoms with Crippen molar-refractivity contribution in [1.29, 1.82) is 0 Å². The van der Waals surface area contributed by atoms with E-state index in [9.17, 15) is 0 Å². The average Bonchev–Trinajstić information content (AvgIpc) is 2.67. The number of hydrogen-bond donors (Lipinski definition) is 1. The first kappa shape index (κ1) is 11.7. The number of thioether (sulfide) groups is 1. The molecule has 3 heteroatoms. The maximum absolute atomic E-state index is 5.28. The summed E-state index contributed by atoms with van der Waals surface area (Å²) >= 11 is 1.94. The van der Waals surface area contributed by atoms with E-state index in [1.165, 1.54) is 6.42 Å². The Morgan fingerprint density at radius 1 is 1.50 bits per heavy atom. The molecule has 14 heavy (non-hydrogen) atoms. The zero-order valence-electron chi connectivity index (χ0n) is 9.12. The summed E-state index contributed by atoms with van der Waals surface area (Å²) in [5.74, 6) is 2.05. The van der Waals surface area contributed by atoms with Gasteiger partial charge >= 0.3 is 0 Å². The predicted octanol–water partition coefficient (Wildman–Crippen LogP) is 2.90. The quantitative estimate of drug-likeness (QED) is 0.786. The summed E-state index contributed by atoms with van der Waals surface area (Å²) in [6.07, 6.45) is 2.93. The van der Waals surface area contributed by atoms with Gasteiger partial charge in [-0.25, -0.2) is 0 Å². The van der Waals surface area contributed by atoms with Gasteiger partial charge in [0.25, 0.3) is 0 Å². The fourth-order valence-electron chi connectivity index (χ4n) is 1.30. The van der Waals surface area contributed by atoms with Gasteiger partial charge in [-0.15, -0.1) is 0 Å². The summed E-state index contributed by atoms with van der Waals surface area (Å²) in [5, 5.41) is 3.92. The molecule has 1 rings (SSSR count). The smallest absolute Gasteiger partial charge is 0.113 e. The normalized spacial score (nSPS) is 15.4. The lowest BCUT2D eigenvalue weighted by molar-refractivity contribution is 0.528. The van der Waals surface area contributed by atoms with E-state index >= 15 is 0 Å². The Bertz CT molecular complexity index is 235. The summed E-state index contributed by atoms with van der Waals surface area (Å²) in [5.41, 5.74) is 0. The topological polar surface area (TPSA) is 25.2 Å². The number of hydrogen-bond acceptors (Lipinski definition) is 3. The SMILES string of the molecule is CNC(C)CC(C)SCc1ccco1. The Hall–Kier alpha value is -0.410. The molecule has 0 spiro atoms. The predicted molar refractivity (Wildman–Crippen MR) is 62.6 cm³/mol. The number of furan rings is 1. The third-order valence-electron chi connectivity index (χ3n) is 2.27. The van der Waals surface area contributed by atoms with Gasteiger partial charge in [0.05, 0.1) is 12.0 Å². The van der Waals surface area contributed by atoms with Gasteiger partial charge in [-0.05, 0) is 32.5 Å². The van der Waals surface area contributed by atoms with Gasteiger partial charge < -0.3 is 9.73 Å². The van der Waals surface area contributed by atoms with Crippen molar-refractivity contribution in [3.63, 3.8) is 0 Å². The Morgan fingerprint density at radius 2 is 2.29 bits per heavy atom. The molecule has 0 radical (unpaired) electrons. The molecular weight excluding hydrogens is 194 g/mol. The fraction of sp³-hybridized carbons (Fsp3) is 0.636. The van der Waals surface area contributed by atoms with E-state index in [1.54, 1.807) is 6.26 Å². The van der Waals surface area contributed by atoms with Crippen LogP contribution in [0.15, 0.2) is 22.8 Å². The zero-order valence-corrected chi connectivity index (χ0v) is 9.93. The van der Waals surface area contributed by atoms with Gasteiger partial charge in [0.15, 0.2) is 0 Å². The minimum absolute atomic E-state index is 0.592. The second-order valence-electron chi connectivity index (χ2n) is 3.63. The van der Waals surface area contributed by atoms with Crippen LogP contribution in [0.2, 0.25) is 0 Å². The van der Waals surface area contributed by atoms with Crippen molar-refractivity contribution < 1.29 is 4.42 Å². The summed E-state index contributed by atoms with van der Waals surface area (Å²) < 4.78 is 5.28. The van der Waals surface area contributed by atoms with E-state index in [2.05, 4.69) is 19.2 Å².